The molecule has 0 saturated carbocycles. The van der Waals surface area contributed by atoms with Crippen LogP contribution in [0, 0.1) is 0 Å². The number of amides is 2. The lowest BCUT2D eigenvalue weighted by Gasteiger charge is -2.21. The van der Waals surface area contributed by atoms with Gasteiger partial charge in [0.05, 0.1) is 34.6 Å². The van der Waals surface area contributed by atoms with Gasteiger partial charge in [0, 0.05) is 12.0 Å². The minimum Gasteiger partial charge on any atom is -0.481 e. The first-order valence-electron chi connectivity index (χ1n) is 10.6. The fraction of sp³-hybridized carbons (Fsp3) is 0.273. The topological polar surface area (TPSA) is 160 Å². The van der Waals surface area contributed by atoms with Crippen molar-refractivity contribution in [2.24, 2.45) is 16.5 Å². The van der Waals surface area contributed by atoms with E-state index in [1.54, 1.807) is 5.32 Å². The second-order valence-electron chi connectivity index (χ2n) is 7.99. The van der Waals surface area contributed by atoms with E-state index in [0.29, 0.717) is 12.1 Å². The number of nitrogens with zero attached hydrogens (tertiary/aromatic N) is 1. The Morgan fingerprint density at radius 1 is 0.825 bits per heavy atom. The van der Waals surface area contributed by atoms with Gasteiger partial charge in [-0.2, -0.15) is 39.5 Å². The number of alkyl halides is 9. The first-order chi connectivity index (χ1) is 18.2. The molecule has 18 heteroatoms. The molecule has 2 amide bonds. The Morgan fingerprint density at radius 2 is 1.38 bits per heavy atom. The molecule has 0 radical (unpaired) electrons. The summed E-state index contributed by atoms with van der Waals surface area (Å²) in [6.45, 7) is -1.26. The summed E-state index contributed by atoms with van der Waals surface area (Å²) in [5.74, 6) is -5.12. The van der Waals surface area contributed by atoms with E-state index in [4.69, 9.17) is 16.6 Å². The number of carbonyl (C=O) groups is 3. The predicted molar refractivity (Wildman–Crippen MR) is 120 cm³/mol. The molecule has 0 unspecified atom stereocenters. The van der Waals surface area contributed by atoms with Gasteiger partial charge in [-0.15, -0.1) is 0 Å². The summed E-state index contributed by atoms with van der Waals surface area (Å²) in [5.41, 5.74) is 1.36. The number of aliphatic carboxylic acids is 1. The Labute approximate surface area is 218 Å². The highest BCUT2D eigenvalue weighted by Gasteiger charge is 2.42. The van der Waals surface area contributed by atoms with Gasteiger partial charge in [0.2, 0.25) is 5.91 Å². The quantitative estimate of drug-likeness (QED) is 0.178. The van der Waals surface area contributed by atoms with Crippen molar-refractivity contribution in [2.75, 3.05) is 11.9 Å². The lowest BCUT2D eigenvalue weighted by Crippen LogP contribution is -2.34. The molecule has 0 saturated heterocycles. The van der Waals surface area contributed by atoms with Crippen LogP contribution in [0.2, 0.25) is 0 Å². The summed E-state index contributed by atoms with van der Waals surface area (Å²) < 4.78 is 121. The second-order valence-corrected chi connectivity index (χ2v) is 7.99. The van der Waals surface area contributed by atoms with Gasteiger partial charge in [-0.1, -0.05) is 0 Å². The molecule has 2 rings (SSSR count). The number of anilines is 1. The summed E-state index contributed by atoms with van der Waals surface area (Å²) in [4.78, 5) is 38.7. The van der Waals surface area contributed by atoms with Crippen LogP contribution in [0.4, 0.5) is 50.9 Å². The average Bonchev–Trinajstić information content (AvgIpc) is 2.78. The van der Waals surface area contributed by atoms with E-state index in [1.807, 2.05) is 0 Å². The van der Waals surface area contributed by atoms with Crippen molar-refractivity contribution in [3.8, 4) is 0 Å². The number of benzene rings is 2. The summed E-state index contributed by atoms with van der Waals surface area (Å²) in [6.07, 6.45) is -17.3. The van der Waals surface area contributed by atoms with Crippen LogP contribution >= 0.6 is 0 Å². The van der Waals surface area contributed by atoms with Crippen molar-refractivity contribution in [1.29, 1.82) is 0 Å². The smallest absolute Gasteiger partial charge is 0.418 e. The number of halogens is 9. The number of rotatable bonds is 8. The zero-order valence-electron chi connectivity index (χ0n) is 19.7. The third-order valence-corrected chi connectivity index (χ3v) is 4.88. The Hall–Kier alpha value is -4.51. The summed E-state index contributed by atoms with van der Waals surface area (Å²) >= 11 is 0. The molecule has 0 aliphatic carbocycles. The first-order valence-corrected chi connectivity index (χ1v) is 10.6. The van der Waals surface area contributed by atoms with E-state index >= 15 is 0 Å². The molecule has 7 N–H and O–H groups in total. The molecule has 0 fully saturated rings. The van der Waals surface area contributed by atoms with Gasteiger partial charge in [-0.05, 0) is 42.3 Å². The maximum absolute atomic E-state index is 13.6. The molecule has 40 heavy (non-hydrogen) atoms. The highest BCUT2D eigenvalue weighted by atomic mass is 19.4. The molecular formula is C22H18F9N5O4. The number of nitrogens with two attached hydrogens (primary N) is 2. The van der Waals surface area contributed by atoms with Gasteiger partial charge >= 0.3 is 24.5 Å². The van der Waals surface area contributed by atoms with Crippen LogP contribution in [0.3, 0.4) is 0 Å². The Balaban J connectivity index is 2.38. The molecule has 0 spiro atoms. The van der Waals surface area contributed by atoms with Crippen molar-refractivity contribution in [1.82, 2.24) is 5.32 Å². The average molecular weight is 587 g/mol. The molecule has 2 aromatic rings. The first kappa shape index (κ1) is 31.7. The van der Waals surface area contributed by atoms with Crippen LogP contribution < -0.4 is 22.1 Å². The largest absolute Gasteiger partial charge is 0.481 e. The van der Waals surface area contributed by atoms with Gasteiger partial charge in [-0.25, -0.2) is 4.99 Å². The Morgan fingerprint density at radius 3 is 1.82 bits per heavy atom. The van der Waals surface area contributed by atoms with Crippen LogP contribution in [-0.2, 0) is 34.5 Å². The number of aryl methyl sites for hydroxylation is 1. The number of nitrogens with one attached hydrogen (secondary N) is 2. The van der Waals surface area contributed by atoms with Gasteiger partial charge in [-0.3, -0.25) is 14.4 Å². The third-order valence-electron chi connectivity index (χ3n) is 4.88. The molecule has 0 heterocycles. The summed E-state index contributed by atoms with van der Waals surface area (Å²) in [7, 11) is 0. The van der Waals surface area contributed by atoms with Crippen LogP contribution in [0.5, 0.6) is 0 Å². The number of hydrogen-bond donors (Lipinski definition) is 5. The molecule has 0 bridgehead atoms. The lowest BCUT2D eigenvalue weighted by molar-refractivity contribution is -0.142. The minimum atomic E-state index is -5.44. The van der Waals surface area contributed by atoms with Crippen molar-refractivity contribution < 1.29 is 59.0 Å². The summed E-state index contributed by atoms with van der Waals surface area (Å²) in [5, 5.41) is 11.9. The van der Waals surface area contributed by atoms with Crippen LogP contribution in [-0.4, -0.2) is 35.4 Å². The van der Waals surface area contributed by atoms with Crippen molar-refractivity contribution >= 4 is 35.1 Å². The van der Waals surface area contributed by atoms with Gasteiger partial charge in [0.25, 0.3) is 5.91 Å². The van der Waals surface area contributed by atoms with Crippen molar-refractivity contribution in [3.05, 3.63) is 58.1 Å². The third kappa shape index (κ3) is 8.77. The van der Waals surface area contributed by atoms with Gasteiger partial charge < -0.3 is 27.2 Å². The summed E-state index contributed by atoms with van der Waals surface area (Å²) in [6, 6.07) is 2.08. The van der Waals surface area contributed by atoms with Crippen molar-refractivity contribution in [2.45, 2.75) is 31.4 Å². The van der Waals surface area contributed by atoms with E-state index in [1.165, 1.54) is 5.32 Å². The fourth-order valence-corrected chi connectivity index (χ4v) is 3.25. The molecule has 9 nitrogen and oxygen atoms in total. The number of carboxylic acid groups (broad SMARTS) is 1. The molecule has 2 aromatic carbocycles. The lowest BCUT2D eigenvalue weighted by atomic mass is 9.98. The van der Waals surface area contributed by atoms with E-state index in [9.17, 15) is 53.9 Å². The van der Waals surface area contributed by atoms with E-state index in [0.717, 1.165) is 6.07 Å². The minimum absolute atomic E-state index is 0.236. The number of aliphatic imine (C=N–C) groups is 1. The maximum atomic E-state index is 13.6. The van der Waals surface area contributed by atoms with Crippen molar-refractivity contribution in [3.63, 3.8) is 0 Å². The highest BCUT2D eigenvalue weighted by molar-refractivity contribution is 6.00. The molecule has 218 valence electrons. The Kier molecular flexibility index (Phi) is 9.28. The molecule has 0 aromatic heterocycles. The molecule has 0 atom stereocenters. The number of hydrogen-bond acceptors (Lipinski definition) is 4. The zero-order chi connectivity index (χ0) is 30.6. The fourth-order valence-electron chi connectivity index (χ4n) is 3.25. The van der Waals surface area contributed by atoms with Gasteiger partial charge in [0.1, 0.15) is 0 Å². The number of carboxylic acids is 1. The normalized spacial score (nSPS) is 12.0. The standard InChI is InChI=1S/C22H18F9N5O4/c23-20(24,25)11-5-10(6-12(7-11)35-19(32)33)18(40)34-8-15(37)36-17-13(21(26,27)28)3-9(1-2-16(38)39)4-14(17)22(29,30)31/h3-7H,1-2,8H2,(H,34,40)(H,36,37)(H,38,39)(H4,32,33,35). The predicted octanol–water partition coefficient (Wildman–Crippen LogP) is 4.03. The van der Waals surface area contributed by atoms with Crippen LogP contribution in [0.1, 0.15) is 39.0 Å². The van der Waals surface area contributed by atoms with Crippen LogP contribution in [0.25, 0.3) is 0 Å². The van der Waals surface area contributed by atoms with E-state index < -0.39 is 101 Å². The zero-order valence-corrected chi connectivity index (χ0v) is 19.7. The maximum Gasteiger partial charge on any atom is 0.418 e. The monoisotopic (exact) mass is 587 g/mol. The van der Waals surface area contributed by atoms with E-state index in [2.05, 4.69) is 4.99 Å². The van der Waals surface area contributed by atoms with Crippen LogP contribution in [0.15, 0.2) is 35.3 Å². The second kappa shape index (κ2) is 11.7. The highest BCUT2D eigenvalue weighted by Crippen LogP contribution is 2.43. The number of guanidine groups is 1. The number of carbonyl (C=O) groups excluding carboxylic acids is 2. The molecular weight excluding hydrogens is 569 g/mol. The molecule has 0 aliphatic rings. The molecule has 0 aliphatic heterocycles. The van der Waals surface area contributed by atoms with Gasteiger partial charge in [0.15, 0.2) is 5.96 Å². The van der Waals surface area contributed by atoms with E-state index in [-0.39, 0.29) is 12.1 Å². The SMILES string of the molecule is NC(N)=Nc1cc(C(=O)NCC(=O)Nc2c(C(F)(F)F)cc(CCC(=O)O)cc2C(F)(F)F)cc(C(F)(F)F)c1. The Bertz CT molecular complexity index is 1300.